The molecule has 0 aliphatic rings. The number of fused-ring (bicyclic) bond motifs is 1. The van der Waals surface area contributed by atoms with Crippen molar-refractivity contribution in [2.75, 3.05) is 0 Å². The Morgan fingerprint density at radius 1 is 0.879 bits per heavy atom. The number of hydrogen-bond acceptors (Lipinski definition) is 5. The topological polar surface area (TPSA) is 66.0 Å². The quantitative estimate of drug-likeness (QED) is 0.327. The van der Waals surface area contributed by atoms with Gasteiger partial charge in [-0.25, -0.2) is 9.67 Å². The molecule has 0 atom stereocenters. The molecule has 0 unspecified atom stereocenters. The van der Waals surface area contributed by atoms with E-state index in [0.717, 1.165) is 50.6 Å². The molecule has 0 bridgehead atoms. The third kappa shape index (κ3) is 3.89. The lowest BCUT2D eigenvalue weighted by atomic mass is 10.1. The van der Waals surface area contributed by atoms with Gasteiger partial charge in [0.1, 0.15) is 18.1 Å². The van der Waals surface area contributed by atoms with E-state index >= 15 is 0 Å². The minimum atomic E-state index is 0.275. The van der Waals surface area contributed by atoms with Crippen LogP contribution in [0.25, 0.3) is 28.2 Å². The van der Waals surface area contributed by atoms with Crippen LogP contribution in [0.15, 0.2) is 59.0 Å². The Hall–Kier alpha value is -3.93. The molecule has 2 aromatic carbocycles. The Bertz CT molecular complexity index is 1460. The minimum absolute atomic E-state index is 0.275. The van der Waals surface area contributed by atoms with Crippen molar-refractivity contribution in [1.82, 2.24) is 19.7 Å². The number of ether oxygens (including phenoxy) is 1. The number of aromatic nitrogens is 4. The molecule has 0 amide bonds. The first kappa shape index (κ1) is 20.9. The normalized spacial score (nSPS) is 11.3. The van der Waals surface area contributed by atoms with Crippen LogP contribution in [0.3, 0.4) is 0 Å². The maximum absolute atomic E-state index is 6.09. The summed E-state index contributed by atoms with van der Waals surface area (Å²) in [5.74, 6) is 1.89. The second kappa shape index (κ2) is 8.20. The maximum atomic E-state index is 6.09. The molecule has 0 fully saturated rings. The lowest BCUT2D eigenvalue weighted by Crippen LogP contribution is -2.02. The molecule has 0 N–H and O–H groups in total. The van der Waals surface area contributed by atoms with Gasteiger partial charge in [-0.3, -0.25) is 0 Å². The Balaban J connectivity index is 1.46. The zero-order valence-corrected chi connectivity index (χ0v) is 19.5. The SMILES string of the molecule is Cc1ccc(-n2nc(C)c3c(C)cc(OCc4nc(-c5ccccc5C)oc4C)nc32)cc1. The molecule has 0 spiro atoms. The highest BCUT2D eigenvalue weighted by molar-refractivity contribution is 5.84. The molecule has 0 saturated heterocycles. The van der Waals surface area contributed by atoms with E-state index in [1.165, 1.54) is 5.56 Å². The average molecular weight is 439 g/mol. The Labute approximate surface area is 192 Å². The van der Waals surface area contributed by atoms with Crippen LogP contribution in [-0.2, 0) is 6.61 Å². The van der Waals surface area contributed by atoms with Crippen LogP contribution in [0.4, 0.5) is 0 Å². The summed E-state index contributed by atoms with van der Waals surface area (Å²) in [6, 6.07) is 18.3. The Kier molecular flexibility index (Phi) is 5.21. The van der Waals surface area contributed by atoms with Crippen molar-refractivity contribution in [2.24, 2.45) is 0 Å². The van der Waals surface area contributed by atoms with Crippen LogP contribution >= 0.6 is 0 Å². The van der Waals surface area contributed by atoms with Gasteiger partial charge in [-0.1, -0.05) is 35.9 Å². The molecule has 166 valence electrons. The van der Waals surface area contributed by atoms with Crippen molar-refractivity contribution in [1.29, 1.82) is 0 Å². The summed E-state index contributed by atoms with van der Waals surface area (Å²) in [6.45, 7) is 10.4. The van der Waals surface area contributed by atoms with Gasteiger partial charge in [0.15, 0.2) is 5.65 Å². The number of benzene rings is 2. The number of rotatable bonds is 5. The van der Waals surface area contributed by atoms with Gasteiger partial charge in [-0.2, -0.15) is 10.1 Å². The van der Waals surface area contributed by atoms with Crippen molar-refractivity contribution in [3.8, 4) is 23.0 Å². The monoisotopic (exact) mass is 438 g/mol. The fourth-order valence-electron chi connectivity index (χ4n) is 4.05. The van der Waals surface area contributed by atoms with Crippen molar-refractivity contribution in [3.63, 3.8) is 0 Å². The number of hydrogen-bond donors (Lipinski definition) is 0. The van der Waals surface area contributed by atoms with Crippen molar-refractivity contribution < 1.29 is 9.15 Å². The summed E-state index contributed by atoms with van der Waals surface area (Å²) in [5, 5.41) is 5.78. The fourth-order valence-corrected chi connectivity index (χ4v) is 4.05. The van der Waals surface area contributed by atoms with Crippen LogP contribution in [0.5, 0.6) is 5.88 Å². The van der Waals surface area contributed by atoms with Gasteiger partial charge in [0.05, 0.1) is 11.4 Å². The molecule has 5 rings (SSSR count). The van der Waals surface area contributed by atoms with E-state index in [9.17, 15) is 0 Å². The van der Waals surface area contributed by atoms with Gasteiger partial charge in [0.2, 0.25) is 11.8 Å². The summed E-state index contributed by atoms with van der Waals surface area (Å²) in [7, 11) is 0. The highest BCUT2D eigenvalue weighted by Gasteiger charge is 2.17. The van der Waals surface area contributed by atoms with Crippen molar-refractivity contribution in [3.05, 3.63) is 88.4 Å². The zero-order valence-electron chi connectivity index (χ0n) is 19.5. The van der Waals surface area contributed by atoms with Gasteiger partial charge in [-0.05, 0) is 63.9 Å². The summed E-state index contributed by atoms with van der Waals surface area (Å²) in [5.41, 5.74) is 7.83. The fraction of sp³-hybridized carbons (Fsp3) is 0.222. The van der Waals surface area contributed by atoms with E-state index < -0.39 is 0 Å². The van der Waals surface area contributed by atoms with E-state index in [1.807, 2.05) is 55.8 Å². The molecule has 6 nitrogen and oxygen atoms in total. The first-order valence-corrected chi connectivity index (χ1v) is 11.0. The van der Waals surface area contributed by atoms with E-state index in [2.05, 4.69) is 43.1 Å². The van der Waals surface area contributed by atoms with Gasteiger partial charge in [0, 0.05) is 17.0 Å². The van der Waals surface area contributed by atoms with Crippen LogP contribution in [0.1, 0.15) is 33.8 Å². The van der Waals surface area contributed by atoms with Crippen LogP contribution in [-0.4, -0.2) is 19.7 Å². The third-order valence-electron chi connectivity index (χ3n) is 5.89. The second-order valence-electron chi connectivity index (χ2n) is 8.43. The lowest BCUT2D eigenvalue weighted by molar-refractivity contribution is 0.288. The van der Waals surface area contributed by atoms with E-state index in [-0.39, 0.29) is 6.61 Å². The Morgan fingerprint density at radius 3 is 2.39 bits per heavy atom. The molecular formula is C27H26N4O2. The third-order valence-corrected chi connectivity index (χ3v) is 5.89. The molecule has 3 aromatic heterocycles. The zero-order chi connectivity index (χ0) is 23.1. The van der Waals surface area contributed by atoms with Crippen LogP contribution in [0.2, 0.25) is 0 Å². The molecule has 0 aliphatic carbocycles. The smallest absolute Gasteiger partial charge is 0.226 e. The Morgan fingerprint density at radius 2 is 1.64 bits per heavy atom. The largest absolute Gasteiger partial charge is 0.471 e. The highest BCUT2D eigenvalue weighted by Crippen LogP contribution is 2.28. The predicted octanol–water partition coefficient (Wildman–Crippen LogP) is 6.20. The minimum Gasteiger partial charge on any atom is -0.471 e. The highest BCUT2D eigenvalue weighted by atomic mass is 16.5. The maximum Gasteiger partial charge on any atom is 0.226 e. The number of aryl methyl sites for hydroxylation is 5. The second-order valence-corrected chi connectivity index (χ2v) is 8.43. The van der Waals surface area contributed by atoms with Gasteiger partial charge >= 0.3 is 0 Å². The van der Waals surface area contributed by atoms with E-state index in [1.54, 1.807) is 0 Å². The number of pyridine rings is 1. The van der Waals surface area contributed by atoms with Gasteiger partial charge < -0.3 is 9.15 Å². The number of oxazole rings is 1. The summed E-state index contributed by atoms with van der Waals surface area (Å²) < 4.78 is 13.9. The molecule has 0 radical (unpaired) electrons. The first-order valence-electron chi connectivity index (χ1n) is 11.0. The van der Waals surface area contributed by atoms with E-state index in [4.69, 9.17) is 19.2 Å². The van der Waals surface area contributed by atoms with Gasteiger partial charge in [-0.15, -0.1) is 0 Å². The van der Waals surface area contributed by atoms with Crippen molar-refractivity contribution >= 4 is 11.0 Å². The van der Waals surface area contributed by atoms with Crippen LogP contribution in [0, 0.1) is 34.6 Å². The standard InChI is InChI=1S/C27H26N4O2/c1-16-10-12-21(13-11-16)31-26-25(19(4)30-31)18(3)14-24(29-26)32-15-23-20(5)33-27(28-23)22-9-7-6-8-17(22)2/h6-14H,15H2,1-5H3. The first-order chi connectivity index (χ1) is 15.9. The predicted molar refractivity (Wildman–Crippen MR) is 129 cm³/mol. The van der Waals surface area contributed by atoms with Crippen molar-refractivity contribution in [2.45, 2.75) is 41.2 Å². The average Bonchev–Trinajstić information content (AvgIpc) is 3.33. The lowest BCUT2D eigenvalue weighted by Gasteiger charge is -2.08. The molecule has 6 heteroatoms. The molecule has 3 heterocycles. The van der Waals surface area contributed by atoms with E-state index in [0.29, 0.717) is 11.8 Å². The van der Waals surface area contributed by atoms with Crippen LogP contribution < -0.4 is 4.74 Å². The van der Waals surface area contributed by atoms with Gasteiger partial charge in [0.25, 0.3) is 0 Å². The molecule has 5 aromatic rings. The summed E-state index contributed by atoms with van der Waals surface area (Å²) >= 11 is 0. The summed E-state index contributed by atoms with van der Waals surface area (Å²) in [4.78, 5) is 9.48. The molecular weight excluding hydrogens is 412 g/mol. The molecule has 33 heavy (non-hydrogen) atoms. The molecule has 0 aliphatic heterocycles. The summed E-state index contributed by atoms with van der Waals surface area (Å²) in [6.07, 6.45) is 0. The molecule has 0 saturated carbocycles. The number of nitrogens with zero attached hydrogens (tertiary/aromatic N) is 4.